The van der Waals surface area contributed by atoms with Crippen molar-refractivity contribution in [1.29, 1.82) is 0 Å². The van der Waals surface area contributed by atoms with Crippen LogP contribution >= 0.6 is 0 Å². The maximum Gasteiger partial charge on any atom is 0.0718 e. The van der Waals surface area contributed by atoms with E-state index in [1.54, 1.807) is 0 Å². The Morgan fingerprint density at radius 3 is 2.62 bits per heavy atom. The second-order valence-corrected chi connectivity index (χ2v) is 7.21. The molecule has 3 nitrogen and oxygen atoms in total. The van der Waals surface area contributed by atoms with Crippen LogP contribution in [0.1, 0.15) is 46.2 Å². The van der Waals surface area contributed by atoms with E-state index in [1.165, 1.54) is 23.0 Å². The van der Waals surface area contributed by atoms with Gasteiger partial charge in [0.2, 0.25) is 0 Å². The molecule has 0 saturated carbocycles. The monoisotopic (exact) mass is 287 g/mol. The Morgan fingerprint density at radius 2 is 1.95 bits per heavy atom. The van der Waals surface area contributed by atoms with Gasteiger partial charge in [-0.15, -0.1) is 0 Å². The number of nitrogens with zero attached hydrogens (tertiary/aromatic N) is 2. The molecule has 0 amide bonds. The number of hydrogen-bond acceptors (Lipinski definition) is 2. The van der Waals surface area contributed by atoms with Crippen molar-refractivity contribution in [2.24, 2.45) is 12.5 Å². The van der Waals surface area contributed by atoms with E-state index in [4.69, 9.17) is 5.10 Å². The van der Waals surface area contributed by atoms with Crippen molar-refractivity contribution < 1.29 is 0 Å². The molecule has 0 bridgehead atoms. The standard InChI is InChI=1S/C18H29N3/c1-6-11-19-14(13-18(2,3)4)12-16-15-9-7-8-10-17(15)21(5)20-16/h7-10,14,19H,6,11-13H2,1-5H3. The molecule has 1 heterocycles. The predicted molar refractivity (Wildman–Crippen MR) is 90.6 cm³/mol. The largest absolute Gasteiger partial charge is 0.314 e. The fraction of sp³-hybridized carbons (Fsp3) is 0.611. The Morgan fingerprint density at radius 1 is 1.24 bits per heavy atom. The Labute approximate surface area is 128 Å². The first-order valence-corrected chi connectivity index (χ1v) is 8.04. The molecule has 0 fully saturated rings. The van der Waals surface area contributed by atoms with Crippen LogP contribution in [0.15, 0.2) is 24.3 Å². The first-order chi connectivity index (χ1) is 9.90. The molecule has 0 radical (unpaired) electrons. The lowest BCUT2D eigenvalue weighted by atomic mass is 9.86. The smallest absolute Gasteiger partial charge is 0.0718 e. The van der Waals surface area contributed by atoms with Gasteiger partial charge in [-0.3, -0.25) is 4.68 Å². The zero-order valence-electron chi connectivity index (χ0n) is 14.1. The van der Waals surface area contributed by atoms with Crippen LogP contribution in [0.3, 0.4) is 0 Å². The van der Waals surface area contributed by atoms with E-state index < -0.39 is 0 Å². The lowest BCUT2D eigenvalue weighted by Crippen LogP contribution is -2.35. The average molecular weight is 287 g/mol. The van der Waals surface area contributed by atoms with Gasteiger partial charge in [-0.2, -0.15) is 5.10 Å². The van der Waals surface area contributed by atoms with Crippen LogP contribution in [-0.4, -0.2) is 22.4 Å². The quantitative estimate of drug-likeness (QED) is 0.872. The van der Waals surface area contributed by atoms with Crippen molar-refractivity contribution in [1.82, 2.24) is 15.1 Å². The normalized spacial score (nSPS) is 13.8. The lowest BCUT2D eigenvalue weighted by Gasteiger charge is -2.26. The molecular weight excluding hydrogens is 258 g/mol. The molecule has 0 spiro atoms. The van der Waals surface area contributed by atoms with E-state index in [0.29, 0.717) is 11.5 Å². The van der Waals surface area contributed by atoms with Crippen LogP contribution in [0.2, 0.25) is 0 Å². The summed E-state index contributed by atoms with van der Waals surface area (Å²) in [6.45, 7) is 10.2. The van der Waals surface area contributed by atoms with Gasteiger partial charge in [-0.05, 0) is 30.9 Å². The van der Waals surface area contributed by atoms with Crippen molar-refractivity contribution in [2.45, 2.75) is 53.0 Å². The van der Waals surface area contributed by atoms with Crippen LogP contribution in [-0.2, 0) is 13.5 Å². The minimum Gasteiger partial charge on any atom is -0.314 e. The lowest BCUT2D eigenvalue weighted by molar-refractivity contribution is 0.305. The number of benzene rings is 1. The fourth-order valence-electron chi connectivity index (χ4n) is 2.98. The number of hydrogen-bond donors (Lipinski definition) is 1. The van der Waals surface area contributed by atoms with Crippen molar-refractivity contribution in [3.63, 3.8) is 0 Å². The Kier molecular flexibility index (Phi) is 5.04. The number of para-hydroxylation sites is 1. The van der Waals surface area contributed by atoms with Crippen molar-refractivity contribution >= 4 is 10.9 Å². The molecular formula is C18H29N3. The van der Waals surface area contributed by atoms with Gasteiger partial charge in [0.05, 0.1) is 11.2 Å². The van der Waals surface area contributed by atoms with Crippen molar-refractivity contribution in [2.75, 3.05) is 6.54 Å². The Balaban J connectivity index is 2.21. The van der Waals surface area contributed by atoms with Gasteiger partial charge in [0, 0.05) is 24.9 Å². The van der Waals surface area contributed by atoms with Gasteiger partial charge in [0.1, 0.15) is 0 Å². The van der Waals surface area contributed by atoms with E-state index in [9.17, 15) is 0 Å². The summed E-state index contributed by atoms with van der Waals surface area (Å²) in [5.41, 5.74) is 2.76. The van der Waals surface area contributed by atoms with E-state index >= 15 is 0 Å². The van der Waals surface area contributed by atoms with E-state index in [2.05, 4.69) is 57.3 Å². The molecule has 1 unspecified atom stereocenters. The first kappa shape index (κ1) is 16.0. The second kappa shape index (κ2) is 6.61. The van der Waals surface area contributed by atoms with Crippen LogP contribution in [0, 0.1) is 5.41 Å². The van der Waals surface area contributed by atoms with Crippen molar-refractivity contribution in [3.8, 4) is 0 Å². The zero-order chi connectivity index (χ0) is 15.5. The molecule has 1 aromatic carbocycles. The molecule has 0 aliphatic heterocycles. The highest BCUT2D eigenvalue weighted by Gasteiger charge is 2.20. The highest BCUT2D eigenvalue weighted by Crippen LogP contribution is 2.25. The van der Waals surface area contributed by atoms with Crippen LogP contribution < -0.4 is 5.32 Å². The van der Waals surface area contributed by atoms with Crippen molar-refractivity contribution in [3.05, 3.63) is 30.0 Å². The third-order valence-electron chi connectivity index (χ3n) is 3.82. The zero-order valence-corrected chi connectivity index (χ0v) is 14.1. The number of aromatic nitrogens is 2. The van der Waals surface area contributed by atoms with Gasteiger partial charge in [0.15, 0.2) is 0 Å². The van der Waals surface area contributed by atoms with E-state index in [1.807, 2.05) is 11.7 Å². The number of rotatable bonds is 6. The number of nitrogens with one attached hydrogen (secondary N) is 1. The minimum absolute atomic E-state index is 0.329. The maximum absolute atomic E-state index is 4.74. The van der Waals surface area contributed by atoms with Crippen LogP contribution in [0.25, 0.3) is 10.9 Å². The summed E-state index contributed by atoms with van der Waals surface area (Å²) >= 11 is 0. The van der Waals surface area contributed by atoms with E-state index in [-0.39, 0.29) is 0 Å². The van der Waals surface area contributed by atoms with Gasteiger partial charge in [-0.25, -0.2) is 0 Å². The summed E-state index contributed by atoms with van der Waals surface area (Å²) in [6.07, 6.45) is 3.33. The highest BCUT2D eigenvalue weighted by atomic mass is 15.3. The van der Waals surface area contributed by atoms with E-state index in [0.717, 1.165) is 19.4 Å². The maximum atomic E-state index is 4.74. The van der Waals surface area contributed by atoms with Gasteiger partial charge < -0.3 is 5.32 Å². The van der Waals surface area contributed by atoms with Crippen LogP contribution in [0.4, 0.5) is 0 Å². The molecule has 1 aromatic heterocycles. The average Bonchev–Trinajstić information content (AvgIpc) is 2.72. The SMILES string of the molecule is CCCNC(Cc1nn(C)c2ccccc12)CC(C)(C)C. The molecule has 116 valence electrons. The summed E-state index contributed by atoms with van der Waals surface area (Å²) in [5.74, 6) is 0. The molecule has 21 heavy (non-hydrogen) atoms. The first-order valence-electron chi connectivity index (χ1n) is 8.04. The molecule has 3 heteroatoms. The minimum atomic E-state index is 0.329. The third-order valence-corrected chi connectivity index (χ3v) is 3.82. The molecule has 1 N–H and O–H groups in total. The Bertz CT molecular complexity index is 578. The summed E-state index contributed by atoms with van der Waals surface area (Å²) < 4.78 is 2.00. The molecule has 2 rings (SSSR count). The summed E-state index contributed by atoms with van der Waals surface area (Å²) in [4.78, 5) is 0. The second-order valence-electron chi connectivity index (χ2n) is 7.21. The number of fused-ring (bicyclic) bond motifs is 1. The molecule has 0 saturated heterocycles. The number of aryl methyl sites for hydroxylation is 1. The summed E-state index contributed by atoms with van der Waals surface area (Å²) in [7, 11) is 2.03. The molecule has 1 atom stereocenters. The molecule has 0 aliphatic rings. The van der Waals surface area contributed by atoms with Gasteiger partial charge in [0.25, 0.3) is 0 Å². The summed E-state index contributed by atoms with van der Waals surface area (Å²) in [6, 6.07) is 9.00. The summed E-state index contributed by atoms with van der Waals surface area (Å²) in [5, 5.41) is 9.73. The van der Waals surface area contributed by atoms with Gasteiger partial charge >= 0.3 is 0 Å². The predicted octanol–water partition coefficient (Wildman–Crippen LogP) is 3.92. The molecule has 2 aromatic rings. The van der Waals surface area contributed by atoms with Crippen LogP contribution in [0.5, 0.6) is 0 Å². The fourth-order valence-corrected chi connectivity index (χ4v) is 2.98. The molecule has 0 aliphatic carbocycles. The third kappa shape index (κ3) is 4.31. The topological polar surface area (TPSA) is 29.9 Å². The Hall–Kier alpha value is -1.35. The highest BCUT2D eigenvalue weighted by molar-refractivity contribution is 5.81. The van der Waals surface area contributed by atoms with Gasteiger partial charge in [-0.1, -0.05) is 45.9 Å².